The third-order valence-corrected chi connectivity index (χ3v) is 9.00. The molecule has 0 fully saturated rings. The van der Waals surface area contributed by atoms with E-state index in [-0.39, 0.29) is 5.41 Å². The quantitative estimate of drug-likeness (QED) is 0.453. The molecule has 3 heterocycles. The second-order valence-corrected chi connectivity index (χ2v) is 14.6. The normalized spacial score (nSPS) is 15.0. The Morgan fingerprint density at radius 3 is 2.43 bits per heavy atom. The van der Waals surface area contributed by atoms with Crippen LogP contribution in [0, 0.1) is 19.3 Å². The molecule has 0 saturated carbocycles. The minimum absolute atomic E-state index is 0.277. The summed E-state index contributed by atoms with van der Waals surface area (Å²) in [5, 5.41) is 1.40. The summed E-state index contributed by atoms with van der Waals surface area (Å²) in [6.45, 7) is 15.8. The van der Waals surface area contributed by atoms with E-state index in [1.807, 2.05) is 6.20 Å². The first-order valence-electron chi connectivity index (χ1n) is 9.94. The van der Waals surface area contributed by atoms with Crippen LogP contribution in [-0.4, -0.2) is 13.3 Å². The molecule has 0 amide bonds. The molecular formula is C24H29NOSSi. The zero-order valence-electron chi connectivity index (χ0n) is 17.9. The Morgan fingerprint density at radius 2 is 1.79 bits per heavy atom. The Balaban J connectivity index is 1.88. The topological polar surface area (TPSA) is 22.1 Å². The molecule has 28 heavy (non-hydrogen) atoms. The second-order valence-electron chi connectivity index (χ2n) is 9.62. The lowest BCUT2D eigenvalue weighted by molar-refractivity contribution is 0.411. The Labute approximate surface area is 173 Å². The Morgan fingerprint density at radius 1 is 1.04 bits per heavy atom. The molecule has 4 heteroatoms. The highest BCUT2D eigenvalue weighted by Gasteiger charge is 2.37. The number of aryl methyl sites for hydroxylation is 2. The van der Waals surface area contributed by atoms with Crippen molar-refractivity contribution in [2.45, 2.75) is 54.1 Å². The van der Waals surface area contributed by atoms with Crippen molar-refractivity contribution in [3.8, 4) is 27.4 Å². The van der Waals surface area contributed by atoms with Gasteiger partial charge in [-0.05, 0) is 72.8 Å². The van der Waals surface area contributed by atoms with Crippen LogP contribution < -0.4 is 9.61 Å². The number of nitrogens with zero attached hydrogens (tertiary/aromatic N) is 1. The second kappa shape index (κ2) is 6.56. The molecule has 146 valence electrons. The van der Waals surface area contributed by atoms with E-state index in [1.165, 1.54) is 37.2 Å². The van der Waals surface area contributed by atoms with E-state index >= 15 is 0 Å². The molecule has 0 aliphatic carbocycles. The molecule has 1 aliphatic rings. The number of pyridine rings is 1. The highest BCUT2D eigenvalue weighted by molar-refractivity contribution is 7.15. The summed E-state index contributed by atoms with van der Waals surface area (Å²) in [6, 6.07) is 11.3. The van der Waals surface area contributed by atoms with Gasteiger partial charge in [-0.1, -0.05) is 39.0 Å². The fraction of sp³-hybridized carbons (Fsp3) is 0.375. The number of aromatic nitrogens is 1. The maximum Gasteiger partial charge on any atom is 0.277 e. The van der Waals surface area contributed by atoms with E-state index in [1.54, 1.807) is 11.3 Å². The summed E-state index contributed by atoms with van der Waals surface area (Å²) in [6.07, 6.45) is 3.00. The predicted octanol–water partition coefficient (Wildman–Crippen LogP) is 6.49. The van der Waals surface area contributed by atoms with Crippen molar-refractivity contribution >= 4 is 24.8 Å². The summed E-state index contributed by atoms with van der Waals surface area (Å²) < 4.78 is 6.75. The molecule has 0 saturated heterocycles. The van der Waals surface area contributed by atoms with Crippen LogP contribution in [0.5, 0.6) is 5.75 Å². The third-order valence-electron chi connectivity index (χ3n) is 5.42. The fourth-order valence-corrected chi connectivity index (χ4v) is 7.24. The largest absolute Gasteiger partial charge is 0.538 e. The molecule has 0 N–H and O–H groups in total. The van der Waals surface area contributed by atoms with Crippen molar-refractivity contribution < 1.29 is 4.43 Å². The Hall–Kier alpha value is -1.91. The van der Waals surface area contributed by atoms with Crippen LogP contribution in [0.15, 0.2) is 36.5 Å². The van der Waals surface area contributed by atoms with Crippen LogP contribution in [0.2, 0.25) is 13.1 Å². The minimum Gasteiger partial charge on any atom is -0.538 e. The molecule has 0 atom stereocenters. The maximum absolute atomic E-state index is 6.75. The van der Waals surface area contributed by atoms with Crippen LogP contribution in [-0.2, 0) is 6.42 Å². The van der Waals surface area contributed by atoms with E-state index in [4.69, 9.17) is 9.41 Å². The average molecular weight is 408 g/mol. The Kier molecular flexibility index (Phi) is 4.55. The zero-order chi connectivity index (χ0) is 20.3. The van der Waals surface area contributed by atoms with Crippen LogP contribution >= 0.6 is 11.3 Å². The van der Waals surface area contributed by atoms with Gasteiger partial charge in [-0.2, -0.15) is 0 Å². The van der Waals surface area contributed by atoms with E-state index < -0.39 is 8.32 Å². The van der Waals surface area contributed by atoms with Crippen LogP contribution in [0.3, 0.4) is 0 Å². The number of thiophene rings is 1. The molecule has 0 spiro atoms. The number of rotatable bonds is 2. The highest BCUT2D eigenvalue weighted by Crippen LogP contribution is 2.44. The van der Waals surface area contributed by atoms with E-state index in [2.05, 4.69) is 78.0 Å². The molecule has 1 aliphatic heterocycles. The lowest BCUT2D eigenvalue weighted by atomic mass is 9.87. The van der Waals surface area contributed by atoms with Crippen molar-refractivity contribution in [3.05, 3.63) is 52.5 Å². The monoisotopic (exact) mass is 407 g/mol. The van der Waals surface area contributed by atoms with Gasteiger partial charge in [0.25, 0.3) is 8.32 Å². The number of hydrogen-bond donors (Lipinski definition) is 0. The van der Waals surface area contributed by atoms with Crippen LogP contribution in [0.25, 0.3) is 21.7 Å². The predicted molar refractivity (Wildman–Crippen MR) is 123 cm³/mol. The molecule has 3 aromatic rings. The summed E-state index contributed by atoms with van der Waals surface area (Å²) in [5.41, 5.74) is 6.49. The summed E-state index contributed by atoms with van der Waals surface area (Å²) >= 11 is 1.80. The van der Waals surface area contributed by atoms with Crippen molar-refractivity contribution in [2.24, 2.45) is 5.41 Å². The maximum atomic E-state index is 6.75. The molecule has 1 aromatic carbocycles. The van der Waals surface area contributed by atoms with Gasteiger partial charge < -0.3 is 4.43 Å². The first kappa shape index (κ1) is 19.4. The van der Waals surface area contributed by atoms with Gasteiger partial charge in [0, 0.05) is 16.6 Å². The standard InChI is InChI=1S/C24H29NOSSi/c1-15-12-20(27-16(15)2)22-23-19(10-11-25-22)18-9-8-17(14-24(3,4)5)13-21(18)28(6,7)26-23/h8-13H,14H2,1-7H3. The summed E-state index contributed by atoms with van der Waals surface area (Å²) in [5.74, 6) is 0.969. The van der Waals surface area contributed by atoms with Crippen LogP contribution in [0.4, 0.5) is 0 Å². The third kappa shape index (κ3) is 3.44. The van der Waals surface area contributed by atoms with Gasteiger partial charge >= 0.3 is 0 Å². The lowest BCUT2D eigenvalue weighted by Gasteiger charge is -2.34. The zero-order valence-corrected chi connectivity index (χ0v) is 19.8. The average Bonchev–Trinajstić information content (AvgIpc) is 2.92. The van der Waals surface area contributed by atoms with Gasteiger partial charge in [-0.3, -0.25) is 4.98 Å². The summed E-state index contributed by atoms with van der Waals surface area (Å²) in [7, 11) is -2.08. The molecule has 0 unspecified atom stereocenters. The number of hydrogen-bond acceptors (Lipinski definition) is 3. The molecule has 4 rings (SSSR count). The number of fused-ring (bicyclic) bond motifs is 3. The van der Waals surface area contributed by atoms with Gasteiger partial charge in [-0.15, -0.1) is 11.3 Å². The van der Waals surface area contributed by atoms with E-state index in [9.17, 15) is 0 Å². The molecular weight excluding hydrogens is 378 g/mol. The number of benzene rings is 1. The van der Waals surface area contributed by atoms with Gasteiger partial charge in [0.15, 0.2) is 0 Å². The molecule has 2 aromatic heterocycles. The minimum atomic E-state index is -2.08. The highest BCUT2D eigenvalue weighted by atomic mass is 32.1. The SMILES string of the molecule is Cc1cc(-c2nccc3c2O[Si](C)(C)c2cc(CC(C)(C)C)ccc2-3)sc1C. The van der Waals surface area contributed by atoms with Crippen molar-refractivity contribution in [2.75, 3.05) is 0 Å². The lowest BCUT2D eigenvalue weighted by Crippen LogP contribution is -2.51. The fourth-order valence-electron chi connectivity index (χ4n) is 3.99. The Bertz CT molecular complexity index is 1040. The van der Waals surface area contributed by atoms with Gasteiger partial charge in [0.05, 0.1) is 4.88 Å². The van der Waals surface area contributed by atoms with E-state index in [0.29, 0.717) is 0 Å². The van der Waals surface area contributed by atoms with Gasteiger partial charge in [-0.25, -0.2) is 0 Å². The van der Waals surface area contributed by atoms with E-state index in [0.717, 1.165) is 17.9 Å². The van der Waals surface area contributed by atoms with Gasteiger partial charge in [0.2, 0.25) is 0 Å². The van der Waals surface area contributed by atoms with Crippen molar-refractivity contribution in [3.63, 3.8) is 0 Å². The molecule has 2 nitrogen and oxygen atoms in total. The van der Waals surface area contributed by atoms with Crippen molar-refractivity contribution in [1.29, 1.82) is 0 Å². The van der Waals surface area contributed by atoms with Gasteiger partial charge in [0.1, 0.15) is 11.4 Å². The van der Waals surface area contributed by atoms with Crippen LogP contribution in [0.1, 0.15) is 36.8 Å². The smallest absolute Gasteiger partial charge is 0.277 e. The molecule has 0 radical (unpaired) electrons. The molecule has 0 bridgehead atoms. The first-order valence-corrected chi connectivity index (χ1v) is 13.7. The summed E-state index contributed by atoms with van der Waals surface area (Å²) in [4.78, 5) is 7.27. The first-order chi connectivity index (χ1) is 13.0. The van der Waals surface area contributed by atoms with Crippen molar-refractivity contribution in [1.82, 2.24) is 4.98 Å².